The van der Waals surface area contributed by atoms with Crippen molar-refractivity contribution in [3.05, 3.63) is 11.6 Å². The lowest BCUT2D eigenvalue weighted by atomic mass is 9.98. The maximum atomic E-state index is 11.2. The standard InChI is InChI=1S/C12H24O6S2/c1-6-7-12(18-20(5,15)16)11(3)8-10(2)9-17-19(4,13)14/h8,11-12H,6-7,9H2,1-5H3/b10-8+/t11-,12-/m1/s1. The first-order valence-corrected chi connectivity index (χ1v) is 9.98. The third-order valence-corrected chi connectivity index (χ3v) is 3.65. The van der Waals surface area contributed by atoms with Crippen LogP contribution in [-0.2, 0) is 28.6 Å². The second-order valence-electron chi connectivity index (χ2n) is 4.97. The van der Waals surface area contributed by atoms with E-state index in [1.54, 1.807) is 13.0 Å². The van der Waals surface area contributed by atoms with Gasteiger partial charge in [0.05, 0.1) is 25.2 Å². The van der Waals surface area contributed by atoms with Crippen molar-refractivity contribution >= 4 is 20.2 Å². The Bertz CT molecular complexity index is 518. The van der Waals surface area contributed by atoms with Crippen molar-refractivity contribution in [1.29, 1.82) is 0 Å². The molecule has 0 aromatic carbocycles. The molecule has 0 rings (SSSR count). The van der Waals surface area contributed by atoms with E-state index in [0.29, 0.717) is 12.0 Å². The fourth-order valence-electron chi connectivity index (χ4n) is 1.71. The maximum Gasteiger partial charge on any atom is 0.264 e. The zero-order valence-electron chi connectivity index (χ0n) is 12.6. The van der Waals surface area contributed by atoms with E-state index in [2.05, 4.69) is 4.18 Å². The summed E-state index contributed by atoms with van der Waals surface area (Å²) in [4.78, 5) is 0. The van der Waals surface area contributed by atoms with E-state index >= 15 is 0 Å². The molecule has 20 heavy (non-hydrogen) atoms. The second-order valence-corrected chi connectivity index (χ2v) is 8.21. The smallest absolute Gasteiger partial charge is 0.264 e. The van der Waals surface area contributed by atoms with E-state index in [-0.39, 0.29) is 12.5 Å². The van der Waals surface area contributed by atoms with Gasteiger partial charge in [-0.05, 0) is 18.9 Å². The second kappa shape index (κ2) is 8.11. The predicted octanol–water partition coefficient (Wildman–Crippen LogP) is 1.69. The van der Waals surface area contributed by atoms with Gasteiger partial charge in [0.1, 0.15) is 0 Å². The molecule has 0 heterocycles. The van der Waals surface area contributed by atoms with Crippen LogP contribution in [0.25, 0.3) is 0 Å². The van der Waals surface area contributed by atoms with Gasteiger partial charge in [-0.15, -0.1) is 0 Å². The first kappa shape index (κ1) is 19.6. The van der Waals surface area contributed by atoms with E-state index in [1.807, 2.05) is 13.8 Å². The molecule has 8 heteroatoms. The van der Waals surface area contributed by atoms with Crippen LogP contribution in [0.1, 0.15) is 33.6 Å². The number of rotatable bonds is 9. The molecule has 0 aromatic heterocycles. The lowest BCUT2D eigenvalue weighted by Crippen LogP contribution is -2.24. The molecule has 0 saturated carbocycles. The van der Waals surface area contributed by atoms with E-state index in [1.165, 1.54) is 0 Å². The number of hydrogen-bond acceptors (Lipinski definition) is 6. The largest absolute Gasteiger partial charge is 0.266 e. The molecule has 2 atom stereocenters. The van der Waals surface area contributed by atoms with Gasteiger partial charge in [0.2, 0.25) is 0 Å². The summed E-state index contributed by atoms with van der Waals surface area (Å²) in [5, 5.41) is 0. The highest BCUT2D eigenvalue weighted by atomic mass is 32.2. The average Bonchev–Trinajstić information content (AvgIpc) is 2.23. The fraction of sp³-hybridized carbons (Fsp3) is 0.833. The van der Waals surface area contributed by atoms with Gasteiger partial charge < -0.3 is 0 Å². The van der Waals surface area contributed by atoms with Crippen molar-refractivity contribution in [2.24, 2.45) is 5.92 Å². The summed E-state index contributed by atoms with van der Waals surface area (Å²) in [6.07, 6.45) is 4.71. The Kier molecular flexibility index (Phi) is 7.93. The van der Waals surface area contributed by atoms with Gasteiger partial charge >= 0.3 is 0 Å². The Morgan fingerprint density at radius 3 is 2.10 bits per heavy atom. The van der Waals surface area contributed by atoms with Crippen LogP contribution >= 0.6 is 0 Å². The van der Waals surface area contributed by atoms with Gasteiger partial charge in [0.15, 0.2) is 0 Å². The van der Waals surface area contributed by atoms with E-state index in [0.717, 1.165) is 18.9 Å². The molecule has 0 aliphatic heterocycles. The van der Waals surface area contributed by atoms with Crippen LogP contribution < -0.4 is 0 Å². The SMILES string of the molecule is CCC[C@@H](OS(C)(=O)=O)[C@H](C)/C=C(\C)COS(C)(=O)=O. The van der Waals surface area contributed by atoms with Crippen molar-refractivity contribution in [3.63, 3.8) is 0 Å². The molecule has 6 nitrogen and oxygen atoms in total. The quantitative estimate of drug-likeness (QED) is 0.473. The Labute approximate surface area is 122 Å². The normalized spacial score (nSPS) is 16.9. The average molecular weight is 328 g/mol. The van der Waals surface area contributed by atoms with Crippen molar-refractivity contribution in [3.8, 4) is 0 Å². The van der Waals surface area contributed by atoms with Gasteiger partial charge in [-0.1, -0.05) is 26.3 Å². The lowest BCUT2D eigenvalue weighted by molar-refractivity contribution is 0.162. The predicted molar refractivity (Wildman–Crippen MR) is 78.3 cm³/mol. The van der Waals surface area contributed by atoms with Crippen LogP contribution in [0.5, 0.6) is 0 Å². The van der Waals surface area contributed by atoms with E-state index < -0.39 is 26.3 Å². The van der Waals surface area contributed by atoms with Crippen LogP contribution in [0, 0.1) is 5.92 Å². The van der Waals surface area contributed by atoms with Crippen LogP contribution in [0.2, 0.25) is 0 Å². The van der Waals surface area contributed by atoms with Crippen LogP contribution in [0.4, 0.5) is 0 Å². The van der Waals surface area contributed by atoms with Gasteiger partial charge in [-0.3, -0.25) is 8.37 Å². The first-order valence-electron chi connectivity index (χ1n) is 6.34. The highest BCUT2D eigenvalue weighted by molar-refractivity contribution is 7.86. The van der Waals surface area contributed by atoms with Crippen LogP contribution in [0.15, 0.2) is 11.6 Å². The Morgan fingerprint density at radius 2 is 1.70 bits per heavy atom. The molecule has 0 amide bonds. The van der Waals surface area contributed by atoms with Crippen molar-refractivity contribution in [1.82, 2.24) is 0 Å². The minimum Gasteiger partial charge on any atom is -0.266 e. The monoisotopic (exact) mass is 328 g/mol. The van der Waals surface area contributed by atoms with Crippen molar-refractivity contribution in [2.75, 3.05) is 19.1 Å². The molecule has 0 bridgehead atoms. The molecule has 0 aliphatic carbocycles. The van der Waals surface area contributed by atoms with Gasteiger partial charge in [0, 0.05) is 5.92 Å². The van der Waals surface area contributed by atoms with Crippen molar-refractivity contribution in [2.45, 2.75) is 39.7 Å². The molecule has 120 valence electrons. The minimum absolute atomic E-state index is 0.0408. The molecule has 0 aromatic rings. The summed E-state index contributed by atoms with van der Waals surface area (Å²) in [5.74, 6) is -0.159. The maximum absolute atomic E-state index is 11.2. The van der Waals surface area contributed by atoms with Crippen LogP contribution in [0.3, 0.4) is 0 Å². The van der Waals surface area contributed by atoms with E-state index in [4.69, 9.17) is 4.18 Å². The van der Waals surface area contributed by atoms with Gasteiger partial charge in [-0.2, -0.15) is 16.8 Å². The molecule has 0 fully saturated rings. The highest BCUT2D eigenvalue weighted by Gasteiger charge is 2.20. The van der Waals surface area contributed by atoms with Crippen molar-refractivity contribution < 1.29 is 25.2 Å². The molecule has 0 aliphatic rings. The third-order valence-electron chi connectivity index (χ3n) is 2.51. The Balaban J connectivity index is 4.76. The molecule has 0 saturated heterocycles. The zero-order valence-corrected chi connectivity index (χ0v) is 14.3. The fourth-order valence-corrected chi connectivity index (χ4v) is 2.83. The lowest BCUT2D eigenvalue weighted by Gasteiger charge is -2.20. The molecular formula is C12H24O6S2. The first-order chi connectivity index (χ1) is 8.94. The van der Waals surface area contributed by atoms with E-state index in [9.17, 15) is 16.8 Å². The molecule has 0 unspecified atom stereocenters. The molecule has 0 N–H and O–H groups in total. The zero-order chi connectivity index (χ0) is 16.0. The summed E-state index contributed by atoms with van der Waals surface area (Å²) < 4.78 is 54.0. The summed E-state index contributed by atoms with van der Waals surface area (Å²) >= 11 is 0. The summed E-state index contributed by atoms with van der Waals surface area (Å²) in [6, 6.07) is 0. The third kappa shape index (κ3) is 10.4. The van der Waals surface area contributed by atoms with Gasteiger partial charge in [0.25, 0.3) is 20.2 Å². The summed E-state index contributed by atoms with van der Waals surface area (Å²) in [6.45, 7) is 5.45. The van der Waals surface area contributed by atoms with Gasteiger partial charge in [-0.25, -0.2) is 0 Å². The Morgan fingerprint density at radius 1 is 1.15 bits per heavy atom. The highest BCUT2D eigenvalue weighted by Crippen LogP contribution is 2.18. The molecular weight excluding hydrogens is 304 g/mol. The van der Waals surface area contributed by atoms with Crippen LogP contribution in [-0.4, -0.2) is 42.1 Å². The topological polar surface area (TPSA) is 86.7 Å². The minimum atomic E-state index is -3.52. The molecule has 0 radical (unpaired) electrons. The Hall–Kier alpha value is -0.440. The summed E-state index contributed by atoms with van der Waals surface area (Å²) in [5.41, 5.74) is 0.709. The molecule has 0 spiro atoms. The number of hydrogen-bond donors (Lipinski definition) is 0. The summed E-state index contributed by atoms with van der Waals surface area (Å²) in [7, 11) is -7.00.